The quantitative estimate of drug-likeness (QED) is 0.715. The molecule has 0 unspecified atom stereocenters. The molecule has 1 amide bonds. The first-order valence-corrected chi connectivity index (χ1v) is 7.50. The van der Waals surface area contributed by atoms with Crippen LogP contribution in [0, 0.1) is 19.3 Å². The van der Waals surface area contributed by atoms with E-state index in [0.717, 1.165) is 0 Å². The minimum Gasteiger partial charge on any atom is -0.496 e. The summed E-state index contributed by atoms with van der Waals surface area (Å²) >= 11 is 0. The van der Waals surface area contributed by atoms with Crippen LogP contribution in [0.5, 0.6) is 5.75 Å². The van der Waals surface area contributed by atoms with Gasteiger partial charge >= 0.3 is 5.97 Å². The number of terminal acetylenes is 1. The first-order valence-electron chi connectivity index (χ1n) is 7.50. The van der Waals surface area contributed by atoms with Crippen molar-refractivity contribution in [2.75, 3.05) is 13.7 Å². The number of carboxylic acid groups (broad SMARTS) is 1. The third kappa shape index (κ3) is 3.90. The van der Waals surface area contributed by atoms with E-state index in [9.17, 15) is 14.7 Å². The molecule has 1 aromatic rings. The largest absolute Gasteiger partial charge is 0.496 e. The van der Waals surface area contributed by atoms with Crippen LogP contribution in [0.25, 0.3) is 0 Å². The second-order valence-electron chi connectivity index (χ2n) is 5.57. The molecule has 0 fully saturated rings. The number of methoxy groups -OCH3 is 1. The first kappa shape index (κ1) is 17.5. The molecule has 1 aromatic carbocycles. The number of aryl methyl sites for hydroxylation is 1. The maximum atomic E-state index is 12.3. The second-order valence-corrected chi connectivity index (χ2v) is 5.57. The van der Waals surface area contributed by atoms with Gasteiger partial charge in [0, 0.05) is 31.4 Å². The lowest BCUT2D eigenvalue weighted by atomic mass is 10.0. The highest BCUT2D eigenvalue weighted by atomic mass is 16.5. The fourth-order valence-electron chi connectivity index (χ4n) is 2.40. The fourth-order valence-corrected chi connectivity index (χ4v) is 2.40. The summed E-state index contributed by atoms with van der Waals surface area (Å²) in [5, 5.41) is 20.0. The standard InChI is InChI=1S/C17H19N3O4/c1-4-5-6-17(19-20-17)7-8-18-15(21)12-10-13(16(22)23)14(24-3)9-11(12)2/h1,9-10H,5-8H2,2-3H3,(H,18,21)(H,22,23). The zero-order chi connectivity index (χ0) is 17.7. The van der Waals surface area contributed by atoms with Crippen molar-refractivity contribution in [1.29, 1.82) is 0 Å². The minimum absolute atomic E-state index is 0.0501. The third-order valence-corrected chi connectivity index (χ3v) is 3.89. The molecule has 0 aromatic heterocycles. The summed E-state index contributed by atoms with van der Waals surface area (Å²) in [5.74, 6) is 1.28. The van der Waals surface area contributed by atoms with E-state index in [1.165, 1.54) is 13.2 Å². The molecule has 0 saturated carbocycles. The summed E-state index contributed by atoms with van der Waals surface area (Å²) in [6.45, 7) is 2.10. The van der Waals surface area contributed by atoms with Gasteiger partial charge in [0.15, 0.2) is 5.66 Å². The number of rotatable bonds is 8. The highest BCUT2D eigenvalue weighted by Crippen LogP contribution is 2.36. The predicted molar refractivity (Wildman–Crippen MR) is 87.3 cm³/mol. The molecule has 0 saturated heterocycles. The summed E-state index contributed by atoms with van der Waals surface area (Å²) in [6, 6.07) is 2.87. The normalized spacial score (nSPS) is 13.9. The van der Waals surface area contributed by atoms with E-state index in [0.29, 0.717) is 36.9 Å². The summed E-state index contributed by atoms with van der Waals surface area (Å²) in [4.78, 5) is 23.6. The molecule has 0 spiro atoms. The van der Waals surface area contributed by atoms with E-state index in [1.54, 1.807) is 13.0 Å². The van der Waals surface area contributed by atoms with E-state index in [2.05, 4.69) is 21.5 Å². The maximum absolute atomic E-state index is 12.3. The smallest absolute Gasteiger partial charge is 0.339 e. The van der Waals surface area contributed by atoms with Gasteiger partial charge in [-0.15, -0.1) is 12.3 Å². The number of carbonyl (C=O) groups excluding carboxylic acids is 1. The summed E-state index contributed by atoms with van der Waals surface area (Å²) in [7, 11) is 1.39. The van der Waals surface area contributed by atoms with Crippen LogP contribution in [0.3, 0.4) is 0 Å². The Kier molecular flexibility index (Phi) is 5.19. The van der Waals surface area contributed by atoms with Crippen LogP contribution in [0.2, 0.25) is 0 Å². The molecule has 1 aliphatic heterocycles. The third-order valence-electron chi connectivity index (χ3n) is 3.89. The van der Waals surface area contributed by atoms with E-state index in [-0.39, 0.29) is 17.2 Å². The van der Waals surface area contributed by atoms with Crippen molar-refractivity contribution in [3.8, 4) is 18.1 Å². The number of hydrogen-bond acceptors (Lipinski definition) is 5. The van der Waals surface area contributed by atoms with E-state index < -0.39 is 11.6 Å². The van der Waals surface area contributed by atoms with Crippen molar-refractivity contribution in [3.63, 3.8) is 0 Å². The Balaban J connectivity index is 2.01. The molecular formula is C17H19N3O4. The van der Waals surface area contributed by atoms with Crippen molar-refractivity contribution >= 4 is 11.9 Å². The molecule has 0 atom stereocenters. The van der Waals surface area contributed by atoms with Crippen LogP contribution in [0.4, 0.5) is 0 Å². The van der Waals surface area contributed by atoms with Crippen molar-refractivity contribution in [1.82, 2.24) is 5.32 Å². The van der Waals surface area contributed by atoms with E-state index >= 15 is 0 Å². The van der Waals surface area contributed by atoms with Gasteiger partial charge in [0.05, 0.1) is 7.11 Å². The van der Waals surface area contributed by atoms with Crippen LogP contribution < -0.4 is 10.1 Å². The molecular weight excluding hydrogens is 310 g/mol. The minimum atomic E-state index is -1.15. The average Bonchev–Trinajstić information content (AvgIpc) is 3.32. The Morgan fingerprint density at radius 1 is 1.33 bits per heavy atom. The molecule has 7 heteroatoms. The van der Waals surface area contributed by atoms with Gasteiger partial charge in [0.1, 0.15) is 11.3 Å². The first-order chi connectivity index (χ1) is 11.4. The molecule has 0 bridgehead atoms. The Morgan fingerprint density at radius 3 is 2.58 bits per heavy atom. The number of carboxylic acids is 1. The topological polar surface area (TPSA) is 100 Å². The number of benzene rings is 1. The fraction of sp³-hybridized carbons (Fsp3) is 0.412. The van der Waals surface area contributed by atoms with Crippen molar-refractivity contribution < 1.29 is 19.4 Å². The van der Waals surface area contributed by atoms with Gasteiger partial charge < -0.3 is 15.2 Å². The van der Waals surface area contributed by atoms with Gasteiger partial charge in [-0.3, -0.25) is 4.79 Å². The number of carbonyl (C=O) groups is 2. The number of ether oxygens (including phenoxy) is 1. The number of aromatic carboxylic acids is 1. The monoisotopic (exact) mass is 329 g/mol. The van der Waals surface area contributed by atoms with Gasteiger partial charge in [-0.2, -0.15) is 10.2 Å². The van der Waals surface area contributed by atoms with Gasteiger partial charge in [-0.1, -0.05) is 0 Å². The Hall–Kier alpha value is -2.88. The van der Waals surface area contributed by atoms with Crippen molar-refractivity contribution in [3.05, 3.63) is 28.8 Å². The Labute approximate surface area is 140 Å². The molecule has 1 aliphatic rings. The summed E-state index contributed by atoms with van der Waals surface area (Å²) < 4.78 is 5.04. The van der Waals surface area contributed by atoms with E-state index in [1.807, 2.05) is 0 Å². The zero-order valence-corrected chi connectivity index (χ0v) is 13.6. The highest BCUT2D eigenvalue weighted by molar-refractivity contribution is 6.00. The molecule has 24 heavy (non-hydrogen) atoms. The number of nitrogens with zero attached hydrogens (tertiary/aromatic N) is 2. The molecule has 7 nitrogen and oxygen atoms in total. The molecule has 0 aliphatic carbocycles. The average molecular weight is 329 g/mol. The van der Waals surface area contributed by atoms with Crippen LogP contribution in [0.15, 0.2) is 22.4 Å². The Morgan fingerprint density at radius 2 is 2.04 bits per heavy atom. The molecule has 126 valence electrons. The lowest BCUT2D eigenvalue weighted by molar-refractivity contribution is 0.0693. The van der Waals surface area contributed by atoms with Crippen LogP contribution in [0.1, 0.15) is 45.5 Å². The second kappa shape index (κ2) is 7.13. The molecule has 0 radical (unpaired) electrons. The molecule has 2 rings (SSSR count). The van der Waals surface area contributed by atoms with Crippen LogP contribution in [-0.2, 0) is 0 Å². The van der Waals surface area contributed by atoms with E-state index in [4.69, 9.17) is 11.2 Å². The maximum Gasteiger partial charge on any atom is 0.339 e. The highest BCUT2D eigenvalue weighted by Gasteiger charge is 2.38. The zero-order valence-electron chi connectivity index (χ0n) is 13.6. The molecule has 1 heterocycles. The summed E-state index contributed by atoms with van der Waals surface area (Å²) in [6.07, 6.45) is 7.06. The van der Waals surface area contributed by atoms with Crippen LogP contribution in [-0.4, -0.2) is 36.3 Å². The van der Waals surface area contributed by atoms with Gasteiger partial charge in [0.25, 0.3) is 5.91 Å². The number of hydrogen-bond donors (Lipinski definition) is 2. The van der Waals surface area contributed by atoms with Crippen molar-refractivity contribution in [2.24, 2.45) is 10.2 Å². The SMILES string of the molecule is C#CCCC1(CCNC(=O)c2cc(C(=O)O)c(OC)cc2C)N=N1. The van der Waals surface area contributed by atoms with Crippen LogP contribution >= 0.6 is 0 Å². The van der Waals surface area contributed by atoms with Gasteiger partial charge in [0.2, 0.25) is 0 Å². The Bertz CT molecular complexity index is 728. The predicted octanol–water partition coefficient (Wildman–Crippen LogP) is 2.40. The number of nitrogens with one attached hydrogen (secondary N) is 1. The van der Waals surface area contributed by atoms with Gasteiger partial charge in [-0.05, 0) is 24.6 Å². The lowest BCUT2D eigenvalue weighted by Crippen LogP contribution is -2.29. The number of amides is 1. The lowest BCUT2D eigenvalue weighted by Gasteiger charge is -2.13. The summed E-state index contributed by atoms with van der Waals surface area (Å²) in [5.41, 5.74) is 0.430. The molecule has 2 N–H and O–H groups in total. The van der Waals surface area contributed by atoms with Crippen molar-refractivity contribution in [2.45, 2.75) is 31.8 Å². The van der Waals surface area contributed by atoms with Gasteiger partial charge in [-0.25, -0.2) is 4.79 Å².